The molecule has 0 aliphatic carbocycles. The summed E-state index contributed by atoms with van der Waals surface area (Å²) in [5.41, 5.74) is 6.41. The molecular weight excluding hydrogens is 268 g/mol. The van der Waals surface area contributed by atoms with Crippen molar-refractivity contribution in [3.63, 3.8) is 0 Å². The molecule has 0 spiro atoms. The molecule has 1 aliphatic rings. The van der Waals surface area contributed by atoms with Crippen LogP contribution < -0.4 is 5.73 Å². The quantitative estimate of drug-likeness (QED) is 0.848. The number of hydrogen-bond acceptors (Lipinski definition) is 4. The van der Waals surface area contributed by atoms with Gasteiger partial charge in [0, 0.05) is 24.5 Å². The first-order valence-electron chi connectivity index (χ1n) is 7.66. The molecule has 118 valence electrons. The lowest BCUT2D eigenvalue weighted by atomic mass is 9.85. The van der Waals surface area contributed by atoms with E-state index in [-0.39, 0.29) is 12.0 Å². The van der Waals surface area contributed by atoms with Gasteiger partial charge >= 0.3 is 0 Å². The first kappa shape index (κ1) is 16.0. The van der Waals surface area contributed by atoms with E-state index in [0.29, 0.717) is 18.3 Å². The minimum atomic E-state index is -0.503. The van der Waals surface area contributed by atoms with E-state index >= 15 is 0 Å². The van der Waals surface area contributed by atoms with Crippen LogP contribution in [0.15, 0.2) is 6.07 Å². The molecule has 6 heteroatoms. The van der Waals surface area contributed by atoms with Crippen LogP contribution in [0.4, 0.5) is 0 Å². The Morgan fingerprint density at radius 1 is 1.52 bits per heavy atom. The number of carbonyl (C=O) groups excluding carboxylic acids is 1. The zero-order chi connectivity index (χ0) is 15.6. The number of rotatable bonds is 5. The largest absolute Gasteiger partial charge is 0.396 e. The highest BCUT2D eigenvalue weighted by molar-refractivity contribution is 5.90. The SMILES string of the molecule is CCC(C)N1Cc2cc(C(N)=O)nn2CC(CC)(CO)C1. The van der Waals surface area contributed by atoms with Gasteiger partial charge in [0.2, 0.25) is 0 Å². The van der Waals surface area contributed by atoms with Crippen LogP contribution in [0.3, 0.4) is 0 Å². The molecule has 0 saturated carbocycles. The Labute approximate surface area is 125 Å². The van der Waals surface area contributed by atoms with Gasteiger partial charge in [-0.25, -0.2) is 0 Å². The Bertz CT molecular complexity index is 508. The molecule has 2 heterocycles. The van der Waals surface area contributed by atoms with E-state index in [9.17, 15) is 9.90 Å². The highest BCUT2D eigenvalue weighted by Gasteiger charge is 2.36. The van der Waals surface area contributed by atoms with Crippen molar-refractivity contribution in [2.75, 3.05) is 13.2 Å². The smallest absolute Gasteiger partial charge is 0.269 e. The van der Waals surface area contributed by atoms with Crippen LogP contribution in [0.5, 0.6) is 0 Å². The molecule has 2 rings (SSSR count). The molecule has 1 amide bonds. The summed E-state index contributed by atoms with van der Waals surface area (Å²) in [6.45, 7) is 8.75. The monoisotopic (exact) mass is 294 g/mol. The number of primary amides is 1. The first-order valence-corrected chi connectivity index (χ1v) is 7.66. The summed E-state index contributed by atoms with van der Waals surface area (Å²) in [5, 5.41) is 14.2. The third-order valence-corrected chi connectivity index (χ3v) is 4.80. The van der Waals surface area contributed by atoms with Crippen LogP contribution in [0.2, 0.25) is 0 Å². The third-order valence-electron chi connectivity index (χ3n) is 4.80. The molecule has 6 nitrogen and oxygen atoms in total. The number of nitrogens with two attached hydrogens (primary N) is 1. The van der Waals surface area contributed by atoms with E-state index in [2.05, 4.69) is 30.8 Å². The molecule has 2 unspecified atom stereocenters. The van der Waals surface area contributed by atoms with Crippen LogP contribution in [0.1, 0.15) is 49.8 Å². The van der Waals surface area contributed by atoms with Crippen molar-refractivity contribution in [1.29, 1.82) is 0 Å². The predicted octanol–water partition coefficient (Wildman–Crippen LogP) is 0.985. The van der Waals surface area contributed by atoms with Crippen LogP contribution >= 0.6 is 0 Å². The van der Waals surface area contributed by atoms with Crippen molar-refractivity contribution < 1.29 is 9.90 Å². The number of amides is 1. The second-order valence-corrected chi connectivity index (χ2v) is 6.22. The van der Waals surface area contributed by atoms with Crippen LogP contribution in [-0.2, 0) is 13.1 Å². The van der Waals surface area contributed by atoms with Crippen LogP contribution in [0.25, 0.3) is 0 Å². The summed E-state index contributed by atoms with van der Waals surface area (Å²) in [6, 6.07) is 2.20. The number of hydrogen-bond donors (Lipinski definition) is 2. The first-order chi connectivity index (χ1) is 9.94. The van der Waals surface area contributed by atoms with Gasteiger partial charge < -0.3 is 10.8 Å². The van der Waals surface area contributed by atoms with Crippen molar-refractivity contribution in [3.8, 4) is 0 Å². The lowest BCUT2D eigenvalue weighted by molar-refractivity contribution is 0.0454. The molecule has 0 bridgehead atoms. The fraction of sp³-hybridized carbons (Fsp3) is 0.733. The molecule has 1 aliphatic heterocycles. The fourth-order valence-corrected chi connectivity index (χ4v) is 2.91. The van der Waals surface area contributed by atoms with Gasteiger partial charge in [0.05, 0.1) is 18.8 Å². The molecule has 0 radical (unpaired) electrons. The average Bonchev–Trinajstić information content (AvgIpc) is 2.80. The zero-order valence-corrected chi connectivity index (χ0v) is 13.2. The molecule has 2 atom stereocenters. The van der Waals surface area contributed by atoms with Gasteiger partial charge in [-0.1, -0.05) is 13.8 Å². The van der Waals surface area contributed by atoms with Gasteiger partial charge in [-0.3, -0.25) is 14.4 Å². The maximum atomic E-state index is 11.4. The van der Waals surface area contributed by atoms with Gasteiger partial charge in [0.15, 0.2) is 0 Å². The third kappa shape index (κ3) is 3.11. The normalized spacial score (nSPS) is 24.4. The molecular formula is C15H26N4O2. The highest BCUT2D eigenvalue weighted by Crippen LogP contribution is 2.31. The Balaban J connectivity index is 2.41. The van der Waals surface area contributed by atoms with Crippen LogP contribution in [-0.4, -0.2) is 44.9 Å². The zero-order valence-electron chi connectivity index (χ0n) is 13.2. The Morgan fingerprint density at radius 2 is 2.24 bits per heavy atom. The maximum absolute atomic E-state index is 11.4. The summed E-state index contributed by atoms with van der Waals surface area (Å²) in [4.78, 5) is 13.7. The summed E-state index contributed by atoms with van der Waals surface area (Å²) >= 11 is 0. The number of aliphatic hydroxyl groups is 1. The molecule has 1 aromatic rings. The second-order valence-electron chi connectivity index (χ2n) is 6.22. The van der Waals surface area contributed by atoms with Crippen molar-refractivity contribution >= 4 is 5.91 Å². The predicted molar refractivity (Wildman–Crippen MR) is 80.7 cm³/mol. The lowest BCUT2D eigenvalue weighted by Crippen LogP contribution is -2.43. The van der Waals surface area contributed by atoms with Crippen molar-refractivity contribution in [3.05, 3.63) is 17.5 Å². The number of carbonyl (C=O) groups is 1. The van der Waals surface area contributed by atoms with Crippen molar-refractivity contribution in [2.45, 2.75) is 52.7 Å². The molecule has 0 aromatic carbocycles. The topological polar surface area (TPSA) is 84.4 Å². The van der Waals surface area contributed by atoms with Crippen molar-refractivity contribution in [2.24, 2.45) is 11.1 Å². The van der Waals surface area contributed by atoms with E-state index in [4.69, 9.17) is 5.73 Å². The Hall–Kier alpha value is -1.40. The molecule has 1 aromatic heterocycles. The standard InChI is InChI=1S/C15H26N4O2/c1-4-11(3)18-7-12-6-13(14(16)21)17-19(12)9-15(5-2,8-18)10-20/h6,11,20H,4-5,7-10H2,1-3H3,(H2,16,21). The minimum Gasteiger partial charge on any atom is -0.396 e. The van der Waals surface area contributed by atoms with Gasteiger partial charge in [-0.2, -0.15) is 5.10 Å². The van der Waals surface area contributed by atoms with E-state index in [1.54, 1.807) is 6.07 Å². The van der Waals surface area contributed by atoms with Crippen LogP contribution in [0, 0.1) is 5.41 Å². The lowest BCUT2D eigenvalue weighted by Gasteiger charge is -2.36. The van der Waals surface area contributed by atoms with Gasteiger partial charge in [0.1, 0.15) is 5.69 Å². The van der Waals surface area contributed by atoms with Gasteiger partial charge in [-0.15, -0.1) is 0 Å². The number of nitrogens with zero attached hydrogens (tertiary/aromatic N) is 3. The fourth-order valence-electron chi connectivity index (χ4n) is 2.91. The Kier molecular flexibility index (Phi) is 4.68. The summed E-state index contributed by atoms with van der Waals surface area (Å²) < 4.78 is 1.85. The van der Waals surface area contributed by atoms with Gasteiger partial charge in [-0.05, 0) is 25.8 Å². The minimum absolute atomic E-state index is 0.113. The Morgan fingerprint density at radius 3 is 2.76 bits per heavy atom. The molecule has 21 heavy (non-hydrogen) atoms. The number of fused-ring (bicyclic) bond motifs is 1. The number of aliphatic hydroxyl groups excluding tert-OH is 1. The summed E-state index contributed by atoms with van der Waals surface area (Å²) in [5.74, 6) is -0.503. The molecule has 0 saturated heterocycles. The van der Waals surface area contributed by atoms with Crippen molar-refractivity contribution in [1.82, 2.24) is 14.7 Å². The summed E-state index contributed by atoms with van der Waals surface area (Å²) in [7, 11) is 0. The highest BCUT2D eigenvalue weighted by atomic mass is 16.3. The second kappa shape index (κ2) is 6.15. The maximum Gasteiger partial charge on any atom is 0.269 e. The van der Waals surface area contributed by atoms with E-state index in [0.717, 1.165) is 31.6 Å². The van der Waals surface area contributed by atoms with E-state index < -0.39 is 5.91 Å². The van der Waals surface area contributed by atoms with E-state index in [1.165, 1.54) is 0 Å². The summed E-state index contributed by atoms with van der Waals surface area (Å²) in [6.07, 6.45) is 1.91. The molecule has 3 N–H and O–H groups in total. The van der Waals surface area contributed by atoms with E-state index in [1.807, 2.05) is 4.68 Å². The van der Waals surface area contributed by atoms with Gasteiger partial charge in [0.25, 0.3) is 5.91 Å². The molecule has 0 fully saturated rings. The number of aromatic nitrogens is 2. The average molecular weight is 294 g/mol.